The van der Waals surface area contributed by atoms with Crippen molar-refractivity contribution >= 4 is 11.7 Å². The molecule has 1 fully saturated rings. The number of halogens is 1. The van der Waals surface area contributed by atoms with Crippen molar-refractivity contribution in [1.82, 2.24) is 4.90 Å². The maximum Gasteiger partial charge on any atom is 0.320 e. The number of benzene rings is 1. The second-order valence-electron chi connectivity index (χ2n) is 5.36. The number of carbonyl (C=O) groups is 1. The van der Waals surface area contributed by atoms with Gasteiger partial charge in [0.05, 0.1) is 0 Å². The van der Waals surface area contributed by atoms with Gasteiger partial charge in [-0.05, 0) is 38.9 Å². The van der Waals surface area contributed by atoms with Crippen LogP contribution in [0.5, 0.6) is 0 Å². The van der Waals surface area contributed by atoms with Crippen molar-refractivity contribution in [3.8, 4) is 0 Å². The predicted octanol–water partition coefficient (Wildman–Crippen LogP) is 2.33. The van der Waals surface area contributed by atoms with Gasteiger partial charge in [0.2, 0.25) is 0 Å². The van der Waals surface area contributed by atoms with Crippen molar-refractivity contribution in [2.24, 2.45) is 0 Å². The van der Waals surface area contributed by atoms with Crippen LogP contribution in [0.3, 0.4) is 0 Å². The van der Waals surface area contributed by atoms with Crippen molar-refractivity contribution in [3.05, 3.63) is 29.6 Å². The summed E-state index contributed by atoms with van der Waals surface area (Å²) in [6.45, 7) is 3.79. The molecule has 20 heavy (non-hydrogen) atoms. The largest absolute Gasteiger partial charge is 0.480 e. The highest BCUT2D eigenvalue weighted by Gasteiger charge is 2.22. The Morgan fingerprint density at radius 1 is 1.45 bits per heavy atom. The minimum atomic E-state index is -0.897. The van der Waals surface area contributed by atoms with Gasteiger partial charge in [-0.15, -0.1) is 0 Å². The average molecular weight is 280 g/mol. The summed E-state index contributed by atoms with van der Waals surface area (Å²) in [7, 11) is 1.71. The van der Waals surface area contributed by atoms with E-state index < -0.39 is 12.0 Å². The van der Waals surface area contributed by atoms with Crippen LogP contribution in [0.15, 0.2) is 18.2 Å². The highest BCUT2D eigenvalue weighted by atomic mass is 19.1. The van der Waals surface area contributed by atoms with Gasteiger partial charge in [0, 0.05) is 30.9 Å². The number of anilines is 1. The summed E-state index contributed by atoms with van der Waals surface area (Å²) in [6.07, 6.45) is 2.24. The van der Waals surface area contributed by atoms with Crippen molar-refractivity contribution < 1.29 is 14.3 Å². The minimum Gasteiger partial charge on any atom is -0.480 e. The van der Waals surface area contributed by atoms with Crippen LogP contribution in [0.4, 0.5) is 10.1 Å². The molecule has 5 heteroatoms. The Morgan fingerprint density at radius 2 is 2.10 bits per heavy atom. The third-order valence-electron chi connectivity index (χ3n) is 3.97. The number of rotatable bonds is 5. The Morgan fingerprint density at radius 3 is 2.70 bits per heavy atom. The maximum atomic E-state index is 14.1. The second kappa shape index (κ2) is 6.22. The van der Waals surface area contributed by atoms with E-state index in [1.165, 1.54) is 6.07 Å². The van der Waals surface area contributed by atoms with Crippen LogP contribution in [0, 0.1) is 5.82 Å². The van der Waals surface area contributed by atoms with Gasteiger partial charge < -0.3 is 10.0 Å². The quantitative estimate of drug-likeness (QED) is 0.899. The molecular weight excluding hydrogens is 259 g/mol. The van der Waals surface area contributed by atoms with Crippen LogP contribution in [0.1, 0.15) is 25.3 Å². The lowest BCUT2D eigenvalue weighted by Gasteiger charge is -2.26. The van der Waals surface area contributed by atoms with E-state index in [2.05, 4.69) is 4.90 Å². The van der Waals surface area contributed by atoms with E-state index in [4.69, 9.17) is 5.11 Å². The number of hydrogen-bond donors (Lipinski definition) is 1. The molecule has 4 nitrogen and oxygen atoms in total. The summed E-state index contributed by atoms with van der Waals surface area (Å²) >= 11 is 0. The lowest BCUT2D eigenvalue weighted by atomic mass is 10.1. The second-order valence-corrected chi connectivity index (χ2v) is 5.36. The molecule has 1 unspecified atom stereocenters. The smallest absolute Gasteiger partial charge is 0.320 e. The molecule has 1 heterocycles. The van der Waals surface area contributed by atoms with E-state index >= 15 is 0 Å². The van der Waals surface area contributed by atoms with E-state index in [1.807, 2.05) is 6.07 Å². The highest BCUT2D eigenvalue weighted by molar-refractivity contribution is 5.72. The Hall–Kier alpha value is -1.62. The molecule has 0 aromatic heterocycles. The summed E-state index contributed by atoms with van der Waals surface area (Å²) in [5.74, 6) is -1.16. The zero-order chi connectivity index (χ0) is 14.7. The number of carboxylic acid groups (broad SMARTS) is 1. The molecule has 0 aliphatic carbocycles. The first kappa shape index (κ1) is 14.8. The number of aliphatic carboxylic acids is 1. The van der Waals surface area contributed by atoms with Gasteiger partial charge in [0.25, 0.3) is 0 Å². The van der Waals surface area contributed by atoms with Crippen molar-refractivity contribution in [1.29, 1.82) is 0 Å². The fourth-order valence-electron chi connectivity index (χ4n) is 2.53. The molecule has 110 valence electrons. The molecule has 0 bridgehead atoms. The maximum absolute atomic E-state index is 14.1. The van der Waals surface area contributed by atoms with E-state index in [0.717, 1.165) is 31.6 Å². The number of carboxylic acids is 1. The van der Waals surface area contributed by atoms with Gasteiger partial charge in [0.15, 0.2) is 0 Å². The SMILES string of the molecule is CC(C(=O)O)N(C)Cc1c(F)cccc1N1CCCC1. The van der Waals surface area contributed by atoms with Crippen molar-refractivity contribution in [3.63, 3.8) is 0 Å². The zero-order valence-corrected chi connectivity index (χ0v) is 12.0. The predicted molar refractivity (Wildman–Crippen MR) is 76.4 cm³/mol. The Bertz CT molecular complexity index is 487. The molecule has 0 saturated carbocycles. The third-order valence-corrected chi connectivity index (χ3v) is 3.97. The molecule has 1 aliphatic rings. The number of nitrogens with zero attached hydrogens (tertiary/aromatic N) is 2. The Kier molecular flexibility index (Phi) is 4.60. The Labute approximate surface area is 118 Å². The van der Waals surface area contributed by atoms with Gasteiger partial charge in [0.1, 0.15) is 11.9 Å². The average Bonchev–Trinajstić information content (AvgIpc) is 2.93. The summed E-state index contributed by atoms with van der Waals surface area (Å²) in [4.78, 5) is 14.8. The summed E-state index contributed by atoms with van der Waals surface area (Å²) in [5.41, 5.74) is 1.48. The normalized spacial score (nSPS) is 16.7. The van der Waals surface area contributed by atoms with Crippen molar-refractivity contribution in [2.75, 3.05) is 25.0 Å². The first-order valence-corrected chi connectivity index (χ1v) is 6.96. The number of hydrogen-bond acceptors (Lipinski definition) is 3. The molecular formula is C15H21FN2O2. The lowest BCUT2D eigenvalue weighted by molar-refractivity contribution is -0.142. The molecule has 1 aromatic rings. The van der Waals surface area contributed by atoms with Crippen LogP contribution < -0.4 is 4.90 Å². The van der Waals surface area contributed by atoms with Gasteiger partial charge in [-0.2, -0.15) is 0 Å². The van der Waals surface area contributed by atoms with Crippen molar-refractivity contribution in [2.45, 2.75) is 32.4 Å². The molecule has 1 aromatic carbocycles. The fraction of sp³-hybridized carbons (Fsp3) is 0.533. The molecule has 1 saturated heterocycles. The van der Waals surface area contributed by atoms with Crippen LogP contribution in [0.25, 0.3) is 0 Å². The fourth-order valence-corrected chi connectivity index (χ4v) is 2.53. The molecule has 0 radical (unpaired) electrons. The van der Waals surface area contributed by atoms with Gasteiger partial charge in [-0.25, -0.2) is 4.39 Å². The topological polar surface area (TPSA) is 43.8 Å². The third kappa shape index (κ3) is 3.10. The number of likely N-dealkylation sites (N-methyl/N-ethyl adjacent to an activating group) is 1. The van der Waals surface area contributed by atoms with Crippen LogP contribution in [0.2, 0.25) is 0 Å². The lowest BCUT2D eigenvalue weighted by Crippen LogP contribution is -2.36. The minimum absolute atomic E-state index is 0.265. The van der Waals surface area contributed by atoms with Crippen LogP contribution in [-0.4, -0.2) is 42.2 Å². The molecule has 1 atom stereocenters. The van der Waals surface area contributed by atoms with Crippen LogP contribution >= 0.6 is 0 Å². The van der Waals surface area contributed by atoms with E-state index in [9.17, 15) is 9.18 Å². The van der Waals surface area contributed by atoms with E-state index in [1.54, 1.807) is 24.9 Å². The molecule has 0 spiro atoms. The summed E-state index contributed by atoms with van der Waals surface area (Å²) < 4.78 is 14.1. The standard InChI is InChI=1S/C15H21FN2O2/c1-11(15(19)20)17(2)10-12-13(16)6-5-7-14(12)18-8-3-4-9-18/h5-7,11H,3-4,8-10H2,1-2H3,(H,19,20). The van der Waals surface area contributed by atoms with E-state index in [0.29, 0.717) is 12.1 Å². The van der Waals surface area contributed by atoms with Gasteiger partial charge in [-0.3, -0.25) is 9.69 Å². The summed E-state index contributed by atoms with van der Waals surface area (Å²) in [6, 6.07) is 4.44. The zero-order valence-electron chi connectivity index (χ0n) is 12.0. The van der Waals surface area contributed by atoms with Gasteiger partial charge >= 0.3 is 5.97 Å². The molecule has 1 aliphatic heterocycles. The van der Waals surface area contributed by atoms with Gasteiger partial charge in [-0.1, -0.05) is 6.07 Å². The monoisotopic (exact) mass is 280 g/mol. The highest BCUT2D eigenvalue weighted by Crippen LogP contribution is 2.27. The summed E-state index contributed by atoms with van der Waals surface area (Å²) in [5, 5.41) is 9.03. The Balaban J connectivity index is 2.23. The first-order chi connectivity index (χ1) is 9.50. The first-order valence-electron chi connectivity index (χ1n) is 6.96. The van der Waals surface area contributed by atoms with Crippen LogP contribution in [-0.2, 0) is 11.3 Å². The van der Waals surface area contributed by atoms with E-state index in [-0.39, 0.29) is 5.82 Å². The molecule has 2 rings (SSSR count). The molecule has 1 N–H and O–H groups in total. The molecule has 0 amide bonds.